The van der Waals surface area contributed by atoms with Crippen LogP contribution in [0.1, 0.15) is 6.42 Å². The molecule has 0 spiro atoms. The van der Waals surface area contributed by atoms with Crippen LogP contribution in [0.15, 0.2) is 94.4 Å². The number of benzene rings is 3. The molecule has 1 saturated heterocycles. The number of thioether (sulfide) groups is 1. The number of imide groups is 1. The van der Waals surface area contributed by atoms with E-state index in [1.807, 2.05) is 72.8 Å². The fraction of sp³-hybridized carbons (Fsp3) is 0.0870. The summed E-state index contributed by atoms with van der Waals surface area (Å²) < 4.78 is 0.889. The van der Waals surface area contributed by atoms with Crippen LogP contribution in [0.25, 0.3) is 0 Å². The number of nitrogens with zero attached hydrogens (tertiary/aromatic N) is 2. The van der Waals surface area contributed by atoms with Crippen molar-refractivity contribution in [3.8, 4) is 0 Å². The topological polar surface area (TPSA) is 61.8 Å². The highest BCUT2D eigenvalue weighted by molar-refractivity contribution is 9.10. The third-order valence-corrected chi connectivity index (χ3v) is 6.05. The van der Waals surface area contributed by atoms with E-state index < -0.39 is 5.25 Å². The molecule has 1 aliphatic rings. The molecule has 30 heavy (non-hydrogen) atoms. The predicted octanol–water partition coefficient (Wildman–Crippen LogP) is 5.61. The number of aliphatic imine (C=N–C) groups is 1. The summed E-state index contributed by atoms with van der Waals surface area (Å²) in [6.45, 7) is 0. The fourth-order valence-corrected chi connectivity index (χ4v) is 4.34. The van der Waals surface area contributed by atoms with Gasteiger partial charge in [-0.2, -0.15) is 0 Å². The molecule has 1 aliphatic heterocycles. The van der Waals surface area contributed by atoms with Crippen molar-refractivity contribution in [3.63, 3.8) is 0 Å². The molecule has 0 aliphatic carbocycles. The number of carbonyl (C=O) groups excluding carboxylic acids is 2. The van der Waals surface area contributed by atoms with Gasteiger partial charge < -0.3 is 5.32 Å². The number of amides is 2. The molecule has 7 heteroatoms. The number of halogens is 1. The summed E-state index contributed by atoms with van der Waals surface area (Å²) in [6.07, 6.45) is 0.129. The van der Waals surface area contributed by atoms with Crippen LogP contribution in [0.4, 0.5) is 17.1 Å². The highest BCUT2D eigenvalue weighted by Gasteiger charge is 2.40. The summed E-state index contributed by atoms with van der Waals surface area (Å²) >= 11 is 4.65. The Kier molecular flexibility index (Phi) is 6.30. The number of rotatable bonds is 4. The first kappa shape index (κ1) is 20.4. The van der Waals surface area contributed by atoms with Gasteiger partial charge in [0.15, 0.2) is 5.17 Å². The molecule has 1 unspecified atom stereocenters. The predicted molar refractivity (Wildman–Crippen MR) is 126 cm³/mol. The first-order valence-electron chi connectivity index (χ1n) is 9.35. The van der Waals surface area contributed by atoms with Crippen molar-refractivity contribution in [2.24, 2.45) is 4.99 Å². The van der Waals surface area contributed by atoms with Gasteiger partial charge >= 0.3 is 0 Å². The van der Waals surface area contributed by atoms with Gasteiger partial charge in [-0.05, 0) is 48.5 Å². The lowest BCUT2D eigenvalue weighted by molar-refractivity contribution is -0.121. The molecular formula is C23H18BrN3O2S. The summed E-state index contributed by atoms with van der Waals surface area (Å²) in [6, 6.07) is 26.3. The van der Waals surface area contributed by atoms with Gasteiger partial charge in [0.1, 0.15) is 5.25 Å². The molecular weight excluding hydrogens is 462 g/mol. The maximum absolute atomic E-state index is 13.0. The lowest BCUT2D eigenvalue weighted by Crippen LogP contribution is -2.31. The average molecular weight is 480 g/mol. The van der Waals surface area contributed by atoms with Crippen LogP contribution < -0.4 is 10.2 Å². The van der Waals surface area contributed by atoms with E-state index in [0.29, 0.717) is 10.9 Å². The number of hydrogen-bond donors (Lipinski definition) is 1. The van der Waals surface area contributed by atoms with E-state index in [0.717, 1.165) is 15.8 Å². The van der Waals surface area contributed by atoms with Crippen molar-refractivity contribution in [2.45, 2.75) is 11.7 Å². The minimum atomic E-state index is -0.542. The second-order valence-electron chi connectivity index (χ2n) is 6.60. The number of anilines is 2. The first-order valence-corrected chi connectivity index (χ1v) is 11.0. The molecule has 0 bridgehead atoms. The third-order valence-electron chi connectivity index (χ3n) is 4.46. The van der Waals surface area contributed by atoms with Gasteiger partial charge in [0.05, 0.1) is 11.4 Å². The monoisotopic (exact) mass is 479 g/mol. The first-order chi connectivity index (χ1) is 14.6. The van der Waals surface area contributed by atoms with Crippen LogP contribution in [0.2, 0.25) is 0 Å². The van der Waals surface area contributed by atoms with E-state index in [4.69, 9.17) is 0 Å². The van der Waals surface area contributed by atoms with Crippen LogP contribution in [0.3, 0.4) is 0 Å². The van der Waals surface area contributed by atoms with Crippen molar-refractivity contribution in [2.75, 3.05) is 10.2 Å². The van der Waals surface area contributed by atoms with E-state index >= 15 is 0 Å². The van der Waals surface area contributed by atoms with E-state index in [-0.39, 0.29) is 18.2 Å². The van der Waals surface area contributed by atoms with Gasteiger partial charge in [-0.25, -0.2) is 9.89 Å². The molecule has 5 nitrogen and oxygen atoms in total. The summed E-state index contributed by atoms with van der Waals surface area (Å²) in [5.74, 6) is -0.443. The number of para-hydroxylation sites is 2. The van der Waals surface area contributed by atoms with Gasteiger partial charge in [-0.15, -0.1) is 0 Å². The zero-order chi connectivity index (χ0) is 20.9. The van der Waals surface area contributed by atoms with Crippen molar-refractivity contribution >= 4 is 61.7 Å². The Hall–Kier alpha value is -2.90. The van der Waals surface area contributed by atoms with Gasteiger partial charge in [0, 0.05) is 16.6 Å². The molecule has 2 amide bonds. The molecule has 1 fully saturated rings. The Morgan fingerprint density at radius 2 is 1.57 bits per heavy atom. The molecule has 1 heterocycles. The molecule has 0 radical (unpaired) electrons. The van der Waals surface area contributed by atoms with E-state index in [1.165, 1.54) is 16.7 Å². The van der Waals surface area contributed by atoms with E-state index in [2.05, 4.69) is 26.2 Å². The Balaban J connectivity index is 1.58. The largest absolute Gasteiger partial charge is 0.335 e. The smallest absolute Gasteiger partial charge is 0.247 e. The third kappa shape index (κ3) is 4.80. The molecule has 4 rings (SSSR count). The minimum absolute atomic E-state index is 0.129. The molecule has 3 aromatic carbocycles. The summed E-state index contributed by atoms with van der Waals surface area (Å²) in [7, 11) is 0. The molecule has 150 valence electrons. The normalized spacial score (nSPS) is 16.8. The van der Waals surface area contributed by atoms with Crippen molar-refractivity contribution in [1.82, 2.24) is 0 Å². The minimum Gasteiger partial charge on any atom is -0.335 e. The van der Waals surface area contributed by atoms with Crippen LogP contribution >= 0.6 is 27.7 Å². The van der Waals surface area contributed by atoms with Crippen LogP contribution in [0.5, 0.6) is 0 Å². The summed E-state index contributed by atoms with van der Waals surface area (Å²) in [5, 5.41) is 3.30. The Morgan fingerprint density at radius 1 is 0.933 bits per heavy atom. The zero-order valence-corrected chi connectivity index (χ0v) is 18.3. The van der Waals surface area contributed by atoms with Gasteiger partial charge in [0.25, 0.3) is 0 Å². The van der Waals surface area contributed by atoms with Crippen molar-refractivity contribution in [3.05, 3.63) is 89.4 Å². The molecule has 3 aromatic rings. The zero-order valence-electron chi connectivity index (χ0n) is 15.9. The van der Waals surface area contributed by atoms with Gasteiger partial charge in [0.2, 0.25) is 11.8 Å². The Bertz CT molecular complexity index is 1070. The lowest BCUT2D eigenvalue weighted by Gasteiger charge is -2.16. The molecule has 0 saturated carbocycles. The maximum atomic E-state index is 13.0. The Morgan fingerprint density at radius 3 is 2.23 bits per heavy atom. The highest BCUT2D eigenvalue weighted by atomic mass is 79.9. The van der Waals surface area contributed by atoms with Crippen molar-refractivity contribution in [1.29, 1.82) is 0 Å². The summed E-state index contributed by atoms with van der Waals surface area (Å²) in [5.41, 5.74) is 2.21. The van der Waals surface area contributed by atoms with E-state index in [1.54, 1.807) is 12.1 Å². The van der Waals surface area contributed by atoms with Crippen LogP contribution in [-0.4, -0.2) is 22.2 Å². The van der Waals surface area contributed by atoms with E-state index in [9.17, 15) is 9.59 Å². The van der Waals surface area contributed by atoms with Crippen LogP contribution in [-0.2, 0) is 9.59 Å². The SMILES string of the molecule is O=C1CC(SC(=Nc2ccccc2)Nc2ccccc2)C(=O)N1c1ccc(Br)cc1. The number of nitrogens with one attached hydrogen (secondary N) is 1. The number of carbonyl (C=O) groups is 2. The highest BCUT2D eigenvalue weighted by Crippen LogP contribution is 2.32. The lowest BCUT2D eigenvalue weighted by atomic mass is 10.3. The fourth-order valence-electron chi connectivity index (χ4n) is 3.04. The van der Waals surface area contributed by atoms with Gasteiger partial charge in [-0.3, -0.25) is 9.59 Å². The summed E-state index contributed by atoms with van der Waals surface area (Å²) in [4.78, 5) is 31.6. The average Bonchev–Trinajstić information content (AvgIpc) is 3.03. The Labute approximate surface area is 187 Å². The second-order valence-corrected chi connectivity index (χ2v) is 8.71. The van der Waals surface area contributed by atoms with Gasteiger partial charge in [-0.1, -0.05) is 64.1 Å². The molecule has 0 aromatic heterocycles. The maximum Gasteiger partial charge on any atom is 0.247 e. The standard InChI is InChI=1S/C23H18BrN3O2S/c24-16-11-13-19(14-12-16)27-21(28)15-20(22(27)29)30-23(25-17-7-3-1-4-8-17)26-18-9-5-2-6-10-18/h1-14,20H,15H2,(H,25,26). The number of hydrogen-bond acceptors (Lipinski definition) is 4. The van der Waals surface area contributed by atoms with Crippen LogP contribution in [0, 0.1) is 0 Å². The second kappa shape index (κ2) is 9.28. The number of amidine groups is 1. The molecule has 1 N–H and O–H groups in total. The molecule has 1 atom stereocenters. The quantitative estimate of drug-likeness (QED) is 0.300. The van der Waals surface area contributed by atoms with Crippen molar-refractivity contribution < 1.29 is 9.59 Å².